The zero-order valence-corrected chi connectivity index (χ0v) is 11.2. The van der Waals surface area contributed by atoms with Gasteiger partial charge in [0, 0.05) is 6.61 Å². The molecule has 0 aliphatic carbocycles. The molecule has 1 rings (SSSR count). The fourth-order valence-electron chi connectivity index (χ4n) is 1.65. The summed E-state index contributed by atoms with van der Waals surface area (Å²) in [4.78, 5) is 22.0. The van der Waals surface area contributed by atoms with E-state index in [0.717, 1.165) is 6.42 Å². The number of nitro groups is 1. The van der Waals surface area contributed by atoms with E-state index >= 15 is 0 Å². The summed E-state index contributed by atoms with van der Waals surface area (Å²) in [5.41, 5.74) is -0.284. The second-order valence-electron chi connectivity index (χ2n) is 3.87. The van der Waals surface area contributed by atoms with E-state index in [1.165, 1.54) is 18.7 Å². The molecule has 0 amide bonds. The minimum absolute atomic E-state index is 0.148. The maximum atomic E-state index is 11.6. The third-order valence-electron chi connectivity index (χ3n) is 2.45. The van der Waals surface area contributed by atoms with E-state index in [2.05, 4.69) is 9.84 Å². The van der Waals surface area contributed by atoms with Crippen molar-refractivity contribution < 1.29 is 19.2 Å². The Hall–Kier alpha value is -1.96. The van der Waals surface area contributed by atoms with Crippen LogP contribution in [0.3, 0.4) is 0 Å². The number of aryl methyl sites for hydroxylation is 1. The lowest BCUT2D eigenvalue weighted by Gasteiger charge is -2.05. The van der Waals surface area contributed by atoms with E-state index in [0.29, 0.717) is 13.2 Å². The number of ether oxygens (including phenoxy) is 2. The number of rotatable bonds is 7. The van der Waals surface area contributed by atoms with Gasteiger partial charge in [-0.1, -0.05) is 6.92 Å². The molecule has 0 atom stereocenters. The number of aromatic nitrogens is 2. The summed E-state index contributed by atoms with van der Waals surface area (Å²) in [5.74, 6) is -0.775. The van der Waals surface area contributed by atoms with Crippen LogP contribution in [0.25, 0.3) is 0 Å². The summed E-state index contributed by atoms with van der Waals surface area (Å²) in [7, 11) is 1.17. The molecule has 0 fully saturated rings. The lowest BCUT2D eigenvalue weighted by molar-refractivity contribution is -0.385. The predicted molar refractivity (Wildman–Crippen MR) is 66.1 cm³/mol. The van der Waals surface area contributed by atoms with E-state index in [-0.39, 0.29) is 23.6 Å². The molecular formula is C11H17N3O5. The monoisotopic (exact) mass is 271 g/mol. The van der Waals surface area contributed by atoms with Crippen LogP contribution in [0.4, 0.5) is 5.69 Å². The molecule has 0 N–H and O–H groups in total. The number of hydrogen-bond acceptors (Lipinski definition) is 6. The highest BCUT2D eigenvalue weighted by Gasteiger charge is 2.30. The Kier molecular flexibility index (Phi) is 5.43. The first-order chi connectivity index (χ1) is 9.02. The second-order valence-corrected chi connectivity index (χ2v) is 3.87. The molecule has 0 saturated carbocycles. The fourth-order valence-corrected chi connectivity index (χ4v) is 1.65. The van der Waals surface area contributed by atoms with Gasteiger partial charge in [-0.3, -0.25) is 10.1 Å². The molecule has 0 bridgehead atoms. The number of methoxy groups -OCH3 is 1. The normalized spacial score (nSPS) is 10.5. The van der Waals surface area contributed by atoms with Gasteiger partial charge in [0.1, 0.15) is 5.69 Å². The average molecular weight is 271 g/mol. The summed E-state index contributed by atoms with van der Waals surface area (Å²) in [5, 5.41) is 15.0. The van der Waals surface area contributed by atoms with Crippen LogP contribution in [0.15, 0.2) is 0 Å². The molecule has 0 unspecified atom stereocenters. The Morgan fingerprint density at radius 2 is 2.16 bits per heavy atom. The van der Waals surface area contributed by atoms with Gasteiger partial charge in [0.05, 0.1) is 25.2 Å². The van der Waals surface area contributed by atoms with Crippen molar-refractivity contribution in [2.45, 2.75) is 26.8 Å². The van der Waals surface area contributed by atoms with Crippen LogP contribution in [0, 0.1) is 17.0 Å². The molecule has 0 spiro atoms. The maximum Gasteiger partial charge on any atom is 0.363 e. The van der Waals surface area contributed by atoms with Gasteiger partial charge >= 0.3 is 11.7 Å². The Labute approximate surface area is 110 Å². The largest absolute Gasteiger partial charge is 0.464 e. The van der Waals surface area contributed by atoms with Gasteiger partial charge in [-0.2, -0.15) is 5.10 Å². The minimum Gasteiger partial charge on any atom is -0.464 e. The van der Waals surface area contributed by atoms with E-state index in [4.69, 9.17) is 4.74 Å². The average Bonchev–Trinajstić information content (AvgIpc) is 2.70. The highest BCUT2D eigenvalue weighted by Crippen LogP contribution is 2.23. The Morgan fingerprint density at radius 1 is 1.47 bits per heavy atom. The fraction of sp³-hybridized carbons (Fsp3) is 0.636. The molecule has 19 heavy (non-hydrogen) atoms. The van der Waals surface area contributed by atoms with Crippen LogP contribution >= 0.6 is 0 Å². The van der Waals surface area contributed by atoms with Crippen molar-refractivity contribution in [1.29, 1.82) is 0 Å². The molecule has 1 heterocycles. The van der Waals surface area contributed by atoms with Crippen LogP contribution in [-0.4, -0.2) is 41.0 Å². The van der Waals surface area contributed by atoms with Gasteiger partial charge in [-0.25, -0.2) is 9.48 Å². The summed E-state index contributed by atoms with van der Waals surface area (Å²) in [6, 6.07) is 0. The Bertz CT molecular complexity index is 469. The first-order valence-electron chi connectivity index (χ1n) is 5.90. The van der Waals surface area contributed by atoms with Crippen LogP contribution in [0.1, 0.15) is 29.5 Å². The highest BCUT2D eigenvalue weighted by molar-refractivity contribution is 5.92. The van der Waals surface area contributed by atoms with Crippen molar-refractivity contribution in [3.63, 3.8) is 0 Å². The first-order valence-corrected chi connectivity index (χ1v) is 5.90. The van der Waals surface area contributed by atoms with Gasteiger partial charge in [0.25, 0.3) is 0 Å². The highest BCUT2D eigenvalue weighted by atomic mass is 16.6. The van der Waals surface area contributed by atoms with Crippen molar-refractivity contribution >= 4 is 11.7 Å². The van der Waals surface area contributed by atoms with Crippen LogP contribution in [0.2, 0.25) is 0 Å². The summed E-state index contributed by atoms with van der Waals surface area (Å²) >= 11 is 0. The number of carbonyl (C=O) groups excluding carboxylic acids is 1. The van der Waals surface area contributed by atoms with E-state index in [9.17, 15) is 14.9 Å². The molecule has 8 heteroatoms. The molecule has 106 valence electrons. The van der Waals surface area contributed by atoms with Gasteiger partial charge in [0.2, 0.25) is 5.69 Å². The smallest absolute Gasteiger partial charge is 0.363 e. The molecule has 0 aliphatic heterocycles. The van der Waals surface area contributed by atoms with Crippen LogP contribution in [0.5, 0.6) is 0 Å². The number of esters is 1. The molecule has 8 nitrogen and oxygen atoms in total. The first kappa shape index (κ1) is 15.1. The number of hydrogen-bond donors (Lipinski definition) is 0. The van der Waals surface area contributed by atoms with Crippen molar-refractivity contribution in [3.05, 3.63) is 21.5 Å². The molecule has 0 aliphatic rings. The molecule has 1 aromatic heterocycles. The molecule has 1 aromatic rings. The Balaban J connectivity index is 3.00. The van der Waals surface area contributed by atoms with E-state index < -0.39 is 10.9 Å². The third kappa shape index (κ3) is 3.50. The van der Waals surface area contributed by atoms with E-state index in [1.54, 1.807) is 0 Å². The van der Waals surface area contributed by atoms with Crippen molar-refractivity contribution in [3.8, 4) is 0 Å². The number of nitrogens with zero attached hydrogens (tertiary/aromatic N) is 3. The molecule has 0 saturated heterocycles. The SMILES string of the molecule is CCCOCCn1nc(C)c([N+](=O)[O-])c1C(=O)OC. The lowest BCUT2D eigenvalue weighted by Crippen LogP contribution is -2.16. The summed E-state index contributed by atoms with van der Waals surface area (Å²) in [6.45, 7) is 4.64. The van der Waals surface area contributed by atoms with Crippen molar-refractivity contribution in [2.75, 3.05) is 20.3 Å². The summed E-state index contributed by atoms with van der Waals surface area (Å²) < 4.78 is 11.1. The quantitative estimate of drug-likeness (QED) is 0.321. The zero-order chi connectivity index (χ0) is 14.4. The number of carbonyl (C=O) groups is 1. The maximum absolute atomic E-state index is 11.6. The Morgan fingerprint density at radius 3 is 2.68 bits per heavy atom. The minimum atomic E-state index is -0.775. The topological polar surface area (TPSA) is 96.5 Å². The molecular weight excluding hydrogens is 254 g/mol. The van der Waals surface area contributed by atoms with Crippen molar-refractivity contribution in [1.82, 2.24) is 9.78 Å². The predicted octanol–water partition coefficient (Wildman–Crippen LogP) is 1.31. The summed E-state index contributed by atoms with van der Waals surface area (Å²) in [6.07, 6.45) is 0.877. The van der Waals surface area contributed by atoms with E-state index in [1.807, 2.05) is 6.92 Å². The van der Waals surface area contributed by atoms with Crippen LogP contribution < -0.4 is 0 Å². The van der Waals surface area contributed by atoms with Gasteiger partial charge in [0.15, 0.2) is 0 Å². The zero-order valence-electron chi connectivity index (χ0n) is 11.2. The lowest BCUT2D eigenvalue weighted by atomic mass is 10.3. The third-order valence-corrected chi connectivity index (χ3v) is 2.45. The molecule has 0 aromatic carbocycles. The van der Waals surface area contributed by atoms with Crippen LogP contribution in [-0.2, 0) is 16.0 Å². The van der Waals surface area contributed by atoms with Gasteiger partial charge < -0.3 is 9.47 Å². The van der Waals surface area contributed by atoms with Gasteiger partial charge in [-0.15, -0.1) is 0 Å². The second kappa shape index (κ2) is 6.83. The van der Waals surface area contributed by atoms with Crippen molar-refractivity contribution in [2.24, 2.45) is 0 Å². The molecule has 0 radical (unpaired) electrons. The van der Waals surface area contributed by atoms with Gasteiger partial charge in [-0.05, 0) is 13.3 Å². The standard InChI is InChI=1S/C11H17N3O5/c1-4-6-19-7-5-13-10(11(15)18-3)9(14(16)17)8(2)12-13/h4-7H2,1-3H3.